The first kappa shape index (κ1) is 39.7. The monoisotopic (exact) mass is 870 g/mol. The number of aromatic nitrogens is 3. The molecule has 1 aliphatic heterocycles. The van der Waals surface area contributed by atoms with Crippen LogP contribution in [0.25, 0.3) is 94.8 Å². The van der Waals surface area contributed by atoms with E-state index in [0.717, 1.165) is 51.3 Å². The molecule has 2 unspecified atom stereocenters. The smallest absolute Gasteiger partial charge is 0.160 e. The van der Waals surface area contributed by atoms with E-state index in [4.69, 9.17) is 9.97 Å². The van der Waals surface area contributed by atoms with Crippen molar-refractivity contribution in [2.24, 2.45) is 0 Å². The second kappa shape index (κ2) is 16.7. The Hall–Kier alpha value is -8.60. The Morgan fingerprint density at radius 1 is 0.382 bits per heavy atom. The van der Waals surface area contributed by atoms with Crippen molar-refractivity contribution in [2.45, 2.75) is 24.8 Å². The first-order valence-electron chi connectivity index (χ1n) is 23.7. The number of para-hydroxylation sites is 2. The second-order valence-electron chi connectivity index (χ2n) is 18.1. The van der Waals surface area contributed by atoms with Crippen LogP contribution in [0.4, 0.5) is 11.4 Å². The summed E-state index contributed by atoms with van der Waals surface area (Å²) in [4.78, 5) is 13.0. The van der Waals surface area contributed by atoms with E-state index >= 15 is 0 Å². The van der Waals surface area contributed by atoms with Gasteiger partial charge in [0.05, 0.1) is 28.5 Å². The first-order chi connectivity index (χ1) is 33.7. The molecule has 4 nitrogen and oxygen atoms in total. The van der Waals surface area contributed by atoms with E-state index in [1.165, 1.54) is 67.4 Å². The van der Waals surface area contributed by atoms with Gasteiger partial charge >= 0.3 is 0 Å². The van der Waals surface area contributed by atoms with Crippen molar-refractivity contribution in [3.05, 3.63) is 248 Å². The summed E-state index contributed by atoms with van der Waals surface area (Å²) in [5.74, 6) is 1.20. The topological polar surface area (TPSA) is 34.0 Å². The van der Waals surface area contributed by atoms with E-state index < -0.39 is 0 Å². The Bertz CT molecular complexity index is 3690. The van der Waals surface area contributed by atoms with Crippen LogP contribution in [0.5, 0.6) is 0 Å². The van der Waals surface area contributed by atoms with Gasteiger partial charge in [-0.15, -0.1) is 0 Å². The Balaban J connectivity index is 0.868. The van der Waals surface area contributed by atoms with Crippen LogP contribution in [0.2, 0.25) is 0 Å². The van der Waals surface area contributed by atoms with Gasteiger partial charge in [-0.3, -0.25) is 0 Å². The SMILES string of the molecule is C1=CC2C(CC1)c1ccc(-c3cccc(-n4c5ccccc5c5cc(-c6cccc(-c7nc(-c8ccccc8)cc(-c8ccc(-c9ccccc9)cc8)n7)c6)ccc54)c3)cc1N2c1ccccc1. The number of hydrogen-bond acceptors (Lipinski definition) is 3. The van der Waals surface area contributed by atoms with Gasteiger partial charge in [-0.05, 0) is 112 Å². The fourth-order valence-electron chi connectivity index (χ4n) is 10.8. The zero-order valence-electron chi connectivity index (χ0n) is 37.5. The second-order valence-corrected chi connectivity index (χ2v) is 18.1. The average Bonchev–Trinajstić information content (AvgIpc) is 3.94. The van der Waals surface area contributed by atoms with Crippen LogP contribution >= 0.6 is 0 Å². The van der Waals surface area contributed by atoms with Gasteiger partial charge in [-0.2, -0.15) is 0 Å². The highest BCUT2D eigenvalue weighted by atomic mass is 15.2. The number of nitrogens with zero attached hydrogens (tertiary/aromatic N) is 4. The minimum atomic E-state index is 0.342. The normalized spacial score (nSPS) is 15.1. The highest BCUT2D eigenvalue weighted by Gasteiger charge is 2.38. The van der Waals surface area contributed by atoms with Crippen molar-refractivity contribution < 1.29 is 0 Å². The third-order valence-electron chi connectivity index (χ3n) is 14.1. The van der Waals surface area contributed by atoms with Gasteiger partial charge in [0, 0.05) is 50.4 Å². The molecule has 0 saturated heterocycles. The minimum absolute atomic E-state index is 0.342. The van der Waals surface area contributed by atoms with Crippen LogP contribution in [0.1, 0.15) is 24.3 Å². The molecule has 2 aliphatic rings. The molecular formula is C64H46N4. The molecule has 9 aromatic carbocycles. The van der Waals surface area contributed by atoms with E-state index in [1.54, 1.807) is 0 Å². The number of allylic oxidation sites excluding steroid dienone is 1. The molecule has 68 heavy (non-hydrogen) atoms. The number of rotatable bonds is 8. The van der Waals surface area contributed by atoms with Crippen molar-refractivity contribution in [2.75, 3.05) is 4.90 Å². The lowest BCUT2D eigenvalue weighted by atomic mass is 9.86. The zero-order valence-corrected chi connectivity index (χ0v) is 37.5. The van der Waals surface area contributed by atoms with Crippen LogP contribution in [0.3, 0.4) is 0 Å². The minimum Gasteiger partial charge on any atom is -0.334 e. The van der Waals surface area contributed by atoms with Crippen LogP contribution < -0.4 is 4.90 Å². The van der Waals surface area contributed by atoms with Gasteiger partial charge in [-0.1, -0.05) is 182 Å². The predicted molar refractivity (Wildman–Crippen MR) is 282 cm³/mol. The van der Waals surface area contributed by atoms with Gasteiger partial charge in [-0.25, -0.2) is 9.97 Å². The van der Waals surface area contributed by atoms with Crippen molar-refractivity contribution in [3.63, 3.8) is 0 Å². The standard InChI is InChI=1S/C64H46N4/c1-4-16-43(17-5-1)44-30-32-46(33-31-44)59-42-58(45-18-6-2-7-19-45)65-64(66-59)51-22-14-20-47(38-51)49-35-37-62-57(40-49)55-27-11-13-29-61(55)68(62)53-25-15-21-48(39-53)50-34-36-56-54-26-10-12-28-60(54)67(63(56)41-50)52-23-8-3-9-24-52/h1-9,11-25,27-42,54,60H,10,26H2. The largest absolute Gasteiger partial charge is 0.334 e. The number of anilines is 2. The Kier molecular flexibility index (Phi) is 9.75. The van der Waals surface area contributed by atoms with Gasteiger partial charge < -0.3 is 9.47 Å². The lowest BCUT2D eigenvalue weighted by Crippen LogP contribution is -2.29. The Morgan fingerprint density at radius 2 is 0.926 bits per heavy atom. The highest BCUT2D eigenvalue weighted by molar-refractivity contribution is 6.10. The summed E-state index contributed by atoms with van der Waals surface area (Å²) in [6.07, 6.45) is 7.10. The summed E-state index contributed by atoms with van der Waals surface area (Å²) in [6, 6.07) is 83.5. The van der Waals surface area contributed by atoms with E-state index in [2.05, 4.69) is 246 Å². The number of fused-ring (bicyclic) bond motifs is 6. The van der Waals surface area contributed by atoms with Gasteiger partial charge in [0.2, 0.25) is 0 Å². The Morgan fingerprint density at radius 3 is 1.72 bits per heavy atom. The van der Waals surface area contributed by atoms with Crippen molar-refractivity contribution >= 4 is 33.2 Å². The summed E-state index contributed by atoms with van der Waals surface area (Å²) in [5, 5.41) is 2.43. The molecule has 0 saturated carbocycles. The van der Waals surface area contributed by atoms with Crippen molar-refractivity contribution in [1.82, 2.24) is 14.5 Å². The van der Waals surface area contributed by atoms with Gasteiger partial charge in [0.15, 0.2) is 5.82 Å². The van der Waals surface area contributed by atoms with Crippen LogP contribution in [0.15, 0.2) is 243 Å². The third kappa shape index (κ3) is 7.01. The quantitative estimate of drug-likeness (QED) is 0.143. The number of benzene rings is 9. The highest BCUT2D eigenvalue weighted by Crippen LogP contribution is 2.50. The van der Waals surface area contributed by atoms with Crippen LogP contribution in [-0.4, -0.2) is 20.6 Å². The fraction of sp³-hybridized carbons (Fsp3) is 0.0625. The number of hydrogen-bond donors (Lipinski definition) is 0. The molecule has 0 spiro atoms. The molecule has 13 rings (SSSR count). The van der Waals surface area contributed by atoms with Crippen LogP contribution in [0, 0.1) is 0 Å². The molecule has 3 heterocycles. The molecule has 2 atom stereocenters. The van der Waals surface area contributed by atoms with E-state index in [0.29, 0.717) is 17.8 Å². The van der Waals surface area contributed by atoms with E-state index in [-0.39, 0.29) is 0 Å². The molecule has 0 fully saturated rings. The lowest BCUT2D eigenvalue weighted by molar-refractivity contribution is 0.573. The molecule has 0 radical (unpaired) electrons. The maximum Gasteiger partial charge on any atom is 0.160 e. The summed E-state index contributed by atoms with van der Waals surface area (Å²) >= 11 is 0. The lowest BCUT2D eigenvalue weighted by Gasteiger charge is -2.30. The first-order valence-corrected chi connectivity index (χ1v) is 23.7. The van der Waals surface area contributed by atoms with Gasteiger partial charge in [0.25, 0.3) is 0 Å². The van der Waals surface area contributed by atoms with Crippen molar-refractivity contribution in [3.8, 4) is 73.0 Å². The predicted octanol–water partition coefficient (Wildman–Crippen LogP) is 16.5. The summed E-state index contributed by atoms with van der Waals surface area (Å²) in [6.45, 7) is 0. The van der Waals surface area contributed by atoms with E-state index in [9.17, 15) is 0 Å². The molecule has 322 valence electrons. The zero-order chi connectivity index (χ0) is 45.0. The molecule has 11 aromatic rings. The fourth-order valence-corrected chi connectivity index (χ4v) is 10.8. The Labute approximate surface area is 396 Å². The maximum atomic E-state index is 5.23. The summed E-state index contributed by atoms with van der Waals surface area (Å²) < 4.78 is 2.42. The summed E-state index contributed by atoms with van der Waals surface area (Å²) in [5.41, 5.74) is 19.4. The molecular weight excluding hydrogens is 825 g/mol. The maximum absolute atomic E-state index is 5.23. The molecule has 0 N–H and O–H groups in total. The van der Waals surface area contributed by atoms with Crippen LogP contribution in [-0.2, 0) is 0 Å². The molecule has 1 aliphatic carbocycles. The molecule has 4 heteroatoms. The summed E-state index contributed by atoms with van der Waals surface area (Å²) in [7, 11) is 0. The molecule has 0 amide bonds. The van der Waals surface area contributed by atoms with E-state index in [1.807, 2.05) is 6.07 Å². The van der Waals surface area contributed by atoms with Gasteiger partial charge in [0.1, 0.15) is 0 Å². The molecule has 2 aromatic heterocycles. The average molecular weight is 871 g/mol. The third-order valence-corrected chi connectivity index (χ3v) is 14.1. The molecule has 0 bridgehead atoms. The van der Waals surface area contributed by atoms with Crippen molar-refractivity contribution in [1.29, 1.82) is 0 Å².